The molecule has 0 saturated carbocycles. The van der Waals surface area contributed by atoms with Gasteiger partial charge in [-0.15, -0.1) is 0 Å². The first kappa shape index (κ1) is 20.2. The summed E-state index contributed by atoms with van der Waals surface area (Å²) in [6.07, 6.45) is 0. The minimum Gasteiger partial charge on any atom is -0.350 e. The minimum absolute atomic E-state index is 0.0711. The molecule has 0 aliphatic heterocycles. The highest BCUT2D eigenvalue weighted by molar-refractivity contribution is 9.10. The van der Waals surface area contributed by atoms with Crippen molar-refractivity contribution in [3.63, 3.8) is 0 Å². The second-order valence-electron chi connectivity index (χ2n) is 5.69. The van der Waals surface area contributed by atoms with Crippen molar-refractivity contribution in [2.24, 2.45) is 0 Å². The van der Waals surface area contributed by atoms with Crippen LogP contribution in [0.5, 0.6) is 0 Å². The van der Waals surface area contributed by atoms with Crippen molar-refractivity contribution in [3.05, 3.63) is 62.5 Å². The van der Waals surface area contributed by atoms with E-state index in [1.165, 1.54) is 17.6 Å². The van der Waals surface area contributed by atoms with Crippen LogP contribution in [0.15, 0.2) is 45.7 Å². The molecule has 140 valence electrons. The van der Waals surface area contributed by atoms with Crippen LogP contribution in [0.2, 0.25) is 0 Å². The molecule has 1 heterocycles. The van der Waals surface area contributed by atoms with Gasteiger partial charge in [-0.3, -0.25) is 14.3 Å². The van der Waals surface area contributed by atoms with Crippen LogP contribution in [-0.2, 0) is 27.9 Å². The van der Waals surface area contributed by atoms with Gasteiger partial charge in [-0.25, -0.2) is 8.42 Å². The van der Waals surface area contributed by atoms with E-state index in [9.17, 15) is 18.0 Å². The Morgan fingerprint density at radius 2 is 1.81 bits per heavy atom. The normalized spacial score (nSPS) is 11.2. The molecule has 1 aromatic heterocycles. The van der Waals surface area contributed by atoms with Crippen molar-refractivity contribution in [1.82, 2.24) is 9.88 Å². The zero-order valence-electron chi connectivity index (χ0n) is 14.5. The maximum Gasteiger partial charge on any atom is 0.275 e. The maximum absolute atomic E-state index is 12.5. The zero-order valence-corrected chi connectivity index (χ0v) is 16.9. The summed E-state index contributed by atoms with van der Waals surface area (Å²) in [7, 11) is -3.57. The molecule has 0 atom stereocenters. The van der Waals surface area contributed by atoms with Gasteiger partial charge >= 0.3 is 0 Å². The van der Waals surface area contributed by atoms with Crippen LogP contribution in [0.1, 0.15) is 18.2 Å². The Morgan fingerprint density at radius 3 is 2.42 bits per heavy atom. The predicted octanol–water partition coefficient (Wildman–Crippen LogP) is 2.00. The molecule has 0 bridgehead atoms. The molecule has 0 fully saturated rings. The lowest BCUT2D eigenvalue weighted by Gasteiger charge is -2.13. The third-order valence-corrected chi connectivity index (χ3v) is 5.56. The number of benzene rings is 1. The topological polar surface area (TPSA) is 97.3 Å². The highest BCUT2D eigenvalue weighted by Gasteiger charge is 2.14. The van der Waals surface area contributed by atoms with Crippen molar-refractivity contribution in [2.75, 3.05) is 10.5 Å². The number of halogens is 1. The molecule has 0 spiro atoms. The molecule has 1 amide bonds. The van der Waals surface area contributed by atoms with Crippen molar-refractivity contribution in [1.29, 1.82) is 0 Å². The van der Waals surface area contributed by atoms with Gasteiger partial charge in [0.15, 0.2) is 0 Å². The predicted molar refractivity (Wildman–Crippen MR) is 105 cm³/mol. The highest BCUT2D eigenvalue weighted by atomic mass is 79.9. The number of anilines is 1. The molecule has 0 aliphatic rings. The van der Waals surface area contributed by atoms with Crippen molar-refractivity contribution >= 4 is 37.5 Å². The molecule has 0 saturated heterocycles. The van der Waals surface area contributed by atoms with E-state index in [2.05, 4.69) is 26.0 Å². The fraction of sp³-hybridized carbons (Fsp3) is 0.294. The van der Waals surface area contributed by atoms with Gasteiger partial charge in [-0.2, -0.15) is 0 Å². The number of carbonyl (C=O) groups is 1. The molecule has 2 N–H and O–H groups in total. The van der Waals surface area contributed by atoms with Crippen LogP contribution >= 0.6 is 15.9 Å². The van der Waals surface area contributed by atoms with Crippen molar-refractivity contribution in [3.8, 4) is 0 Å². The average Bonchev–Trinajstić information content (AvgIpc) is 2.60. The van der Waals surface area contributed by atoms with Crippen LogP contribution < -0.4 is 15.6 Å². The van der Waals surface area contributed by atoms with Gasteiger partial charge in [-0.05, 0) is 43.7 Å². The van der Waals surface area contributed by atoms with E-state index in [0.29, 0.717) is 12.2 Å². The Kier molecular flexibility index (Phi) is 6.60. The summed E-state index contributed by atoms with van der Waals surface area (Å²) in [5.74, 6) is -0.484. The lowest BCUT2D eigenvalue weighted by atomic mass is 10.2. The second-order valence-corrected chi connectivity index (χ2v) is 8.62. The maximum atomic E-state index is 12.5. The molecule has 0 aliphatic carbocycles. The summed E-state index contributed by atoms with van der Waals surface area (Å²) in [6.45, 7) is 3.30. The van der Waals surface area contributed by atoms with Crippen LogP contribution in [0.4, 0.5) is 5.69 Å². The van der Waals surface area contributed by atoms with Gasteiger partial charge in [0.25, 0.3) is 5.56 Å². The van der Waals surface area contributed by atoms with Crippen LogP contribution in [0.3, 0.4) is 0 Å². The summed E-state index contributed by atoms with van der Waals surface area (Å²) < 4.78 is 27.8. The van der Waals surface area contributed by atoms with Gasteiger partial charge < -0.3 is 9.88 Å². The lowest BCUT2D eigenvalue weighted by molar-refractivity contribution is -0.121. The monoisotopic (exact) mass is 441 g/mol. The summed E-state index contributed by atoms with van der Waals surface area (Å²) in [6, 6.07) is 10.5. The zero-order chi connectivity index (χ0) is 19.3. The number of hydrogen-bond acceptors (Lipinski definition) is 4. The molecule has 2 aromatic rings. The van der Waals surface area contributed by atoms with Gasteiger partial charge in [-0.1, -0.05) is 28.1 Å². The van der Waals surface area contributed by atoms with E-state index in [4.69, 9.17) is 0 Å². The van der Waals surface area contributed by atoms with E-state index in [1.807, 2.05) is 24.3 Å². The molecule has 7 nitrogen and oxygen atoms in total. The van der Waals surface area contributed by atoms with Crippen molar-refractivity contribution in [2.45, 2.75) is 26.9 Å². The molecule has 1 aromatic carbocycles. The number of rotatable bonds is 7. The molecular formula is C17H20BrN3O4S. The van der Waals surface area contributed by atoms with Crippen LogP contribution in [0.25, 0.3) is 0 Å². The molecule has 9 heteroatoms. The third-order valence-electron chi connectivity index (χ3n) is 3.74. The molecular weight excluding hydrogens is 422 g/mol. The van der Waals surface area contributed by atoms with Gasteiger partial charge in [0.05, 0.1) is 5.75 Å². The molecule has 0 radical (unpaired) electrons. The first-order valence-electron chi connectivity index (χ1n) is 7.94. The second kappa shape index (κ2) is 8.50. The van der Waals surface area contributed by atoms with E-state index < -0.39 is 15.6 Å². The van der Waals surface area contributed by atoms with E-state index >= 15 is 0 Å². The fourth-order valence-corrected chi connectivity index (χ4v) is 3.09. The SMILES string of the molecule is CCS(=O)(=O)Nc1ccc(C)n(CC(=O)NCc2ccc(Br)cc2)c1=O. The number of aryl methyl sites for hydroxylation is 1. The number of pyridine rings is 1. The van der Waals surface area contributed by atoms with Crippen molar-refractivity contribution < 1.29 is 13.2 Å². The molecule has 0 unspecified atom stereocenters. The Morgan fingerprint density at radius 1 is 1.15 bits per heavy atom. The lowest BCUT2D eigenvalue weighted by Crippen LogP contribution is -2.34. The Hall–Kier alpha value is -2.13. The largest absolute Gasteiger partial charge is 0.350 e. The summed E-state index contributed by atoms with van der Waals surface area (Å²) in [4.78, 5) is 24.7. The van der Waals surface area contributed by atoms with Gasteiger partial charge in [0.1, 0.15) is 12.2 Å². The fourth-order valence-electron chi connectivity index (χ4n) is 2.19. The minimum atomic E-state index is -3.57. The summed E-state index contributed by atoms with van der Waals surface area (Å²) in [5.41, 5.74) is 0.863. The number of amides is 1. The quantitative estimate of drug-likeness (QED) is 0.686. The number of carbonyl (C=O) groups excluding carboxylic acids is 1. The third kappa shape index (κ3) is 5.43. The Labute approximate surface area is 160 Å². The Bertz CT molecular complexity index is 953. The molecule has 2 rings (SSSR count). The number of aromatic nitrogens is 1. The van der Waals surface area contributed by atoms with Crippen LogP contribution in [0, 0.1) is 6.92 Å². The number of nitrogens with one attached hydrogen (secondary N) is 2. The first-order chi connectivity index (χ1) is 12.2. The standard InChI is InChI=1S/C17H20BrN3O4S/c1-3-26(24,25)20-15-9-4-12(2)21(17(15)23)11-16(22)19-10-13-5-7-14(18)8-6-13/h4-9,20H,3,10-11H2,1-2H3,(H,19,22). The first-order valence-corrected chi connectivity index (χ1v) is 10.4. The number of nitrogens with zero attached hydrogens (tertiary/aromatic N) is 1. The smallest absolute Gasteiger partial charge is 0.275 e. The van der Waals surface area contributed by atoms with E-state index in [-0.39, 0.29) is 23.9 Å². The summed E-state index contributed by atoms with van der Waals surface area (Å²) in [5, 5.41) is 2.75. The van der Waals surface area contributed by atoms with Gasteiger partial charge in [0, 0.05) is 16.7 Å². The molecule has 26 heavy (non-hydrogen) atoms. The number of hydrogen-bond donors (Lipinski definition) is 2. The van der Waals surface area contributed by atoms with E-state index in [0.717, 1.165) is 10.0 Å². The Balaban J connectivity index is 2.11. The number of sulfonamides is 1. The highest BCUT2D eigenvalue weighted by Crippen LogP contribution is 2.10. The van der Waals surface area contributed by atoms with E-state index in [1.54, 1.807) is 13.0 Å². The summed E-state index contributed by atoms with van der Waals surface area (Å²) >= 11 is 3.34. The van der Waals surface area contributed by atoms with Crippen LogP contribution in [-0.4, -0.2) is 24.6 Å². The average molecular weight is 442 g/mol. The van der Waals surface area contributed by atoms with Gasteiger partial charge in [0.2, 0.25) is 15.9 Å².